The van der Waals surface area contributed by atoms with Crippen molar-refractivity contribution < 1.29 is 33.5 Å². The Labute approximate surface area is 162 Å². The maximum Gasteiger partial charge on any atom is 0.336 e. The summed E-state index contributed by atoms with van der Waals surface area (Å²) in [6.45, 7) is 5.48. The Hall–Kier alpha value is -2.60. The Bertz CT molecular complexity index is 952. The Morgan fingerprint density at radius 3 is 2.11 bits per heavy atom. The smallest absolute Gasteiger partial charge is 0.336 e. The standard InChI is InChI=1S/C20H21O7P/c1-20(2,3)16-11-14(27-17(21)12-28(24,25)26)9-10-15(16)19(23)18(22)13-7-5-4-6-8-13/h4-11H,12H2,1-3H3,(H2,24,25,26). The van der Waals surface area contributed by atoms with E-state index in [0.717, 1.165) is 0 Å². The van der Waals surface area contributed by atoms with Gasteiger partial charge in [-0.3, -0.25) is 18.9 Å². The molecule has 0 saturated heterocycles. The van der Waals surface area contributed by atoms with Crippen LogP contribution in [0.4, 0.5) is 0 Å². The highest BCUT2D eigenvalue weighted by Crippen LogP contribution is 2.35. The van der Waals surface area contributed by atoms with Gasteiger partial charge in [0.1, 0.15) is 11.9 Å². The summed E-state index contributed by atoms with van der Waals surface area (Å²) in [5.74, 6) is -2.40. The molecule has 0 aliphatic carbocycles. The van der Waals surface area contributed by atoms with Crippen molar-refractivity contribution in [3.05, 3.63) is 65.2 Å². The van der Waals surface area contributed by atoms with E-state index in [1.807, 2.05) is 20.8 Å². The molecule has 7 nitrogen and oxygen atoms in total. The third kappa shape index (κ3) is 5.70. The molecule has 2 aromatic carbocycles. The molecule has 2 rings (SSSR count). The third-order valence-electron chi connectivity index (χ3n) is 3.85. The van der Waals surface area contributed by atoms with Crippen LogP contribution < -0.4 is 4.74 Å². The minimum Gasteiger partial charge on any atom is -0.426 e. The fraction of sp³-hybridized carbons (Fsp3) is 0.250. The largest absolute Gasteiger partial charge is 0.426 e. The lowest BCUT2D eigenvalue weighted by atomic mass is 9.81. The van der Waals surface area contributed by atoms with Crippen LogP contribution in [-0.2, 0) is 14.8 Å². The van der Waals surface area contributed by atoms with E-state index in [1.54, 1.807) is 30.3 Å². The van der Waals surface area contributed by atoms with Crippen LogP contribution in [0, 0.1) is 0 Å². The number of hydrogen-bond acceptors (Lipinski definition) is 5. The van der Waals surface area contributed by atoms with E-state index in [-0.39, 0.29) is 16.9 Å². The first-order valence-electron chi connectivity index (χ1n) is 8.42. The van der Waals surface area contributed by atoms with Crippen molar-refractivity contribution in [3.63, 3.8) is 0 Å². The van der Waals surface area contributed by atoms with Crippen molar-refractivity contribution in [2.45, 2.75) is 26.2 Å². The summed E-state index contributed by atoms with van der Waals surface area (Å²) in [5.41, 5.74) is 0.358. The Morgan fingerprint density at radius 1 is 0.964 bits per heavy atom. The molecule has 0 radical (unpaired) electrons. The molecule has 0 amide bonds. The quantitative estimate of drug-likeness (QED) is 0.250. The van der Waals surface area contributed by atoms with E-state index in [2.05, 4.69) is 0 Å². The zero-order valence-corrected chi connectivity index (χ0v) is 16.6. The number of ketones is 2. The second-order valence-electron chi connectivity index (χ2n) is 7.28. The number of Topliss-reactive ketones (excluding diaryl/α,β-unsaturated/α-hetero) is 2. The van der Waals surface area contributed by atoms with Crippen molar-refractivity contribution in [3.8, 4) is 5.75 Å². The van der Waals surface area contributed by atoms with Crippen LogP contribution in [-0.4, -0.2) is 33.5 Å². The number of ether oxygens (including phenoxy) is 1. The second-order valence-corrected chi connectivity index (χ2v) is 8.92. The molecule has 0 aromatic heterocycles. The van der Waals surface area contributed by atoms with Crippen molar-refractivity contribution >= 4 is 25.1 Å². The normalized spacial score (nSPS) is 11.8. The Morgan fingerprint density at radius 2 is 1.57 bits per heavy atom. The van der Waals surface area contributed by atoms with Crippen LogP contribution in [0.15, 0.2) is 48.5 Å². The Balaban J connectivity index is 2.38. The lowest BCUT2D eigenvalue weighted by molar-refractivity contribution is -0.131. The fourth-order valence-electron chi connectivity index (χ4n) is 2.58. The molecule has 0 unspecified atom stereocenters. The SMILES string of the molecule is CC(C)(C)c1cc(OC(=O)CP(=O)(O)O)ccc1C(=O)C(=O)c1ccccc1. The first-order chi connectivity index (χ1) is 12.9. The van der Waals surface area contributed by atoms with E-state index in [4.69, 9.17) is 14.5 Å². The molecule has 0 heterocycles. The molecule has 2 N–H and O–H groups in total. The Kier molecular flexibility index (Phi) is 6.34. The highest BCUT2D eigenvalue weighted by atomic mass is 31.2. The van der Waals surface area contributed by atoms with Gasteiger partial charge in [0.05, 0.1) is 0 Å². The van der Waals surface area contributed by atoms with Gasteiger partial charge in [-0.05, 0) is 29.2 Å². The van der Waals surface area contributed by atoms with Gasteiger partial charge in [-0.15, -0.1) is 0 Å². The van der Waals surface area contributed by atoms with Gasteiger partial charge in [0.15, 0.2) is 0 Å². The van der Waals surface area contributed by atoms with Crippen LogP contribution in [0.1, 0.15) is 47.1 Å². The van der Waals surface area contributed by atoms with E-state index >= 15 is 0 Å². The number of hydrogen-bond donors (Lipinski definition) is 2. The summed E-state index contributed by atoms with van der Waals surface area (Å²) < 4.78 is 15.9. The van der Waals surface area contributed by atoms with Crippen molar-refractivity contribution in [1.29, 1.82) is 0 Å². The molecule has 0 aliphatic rings. The summed E-state index contributed by atoms with van der Waals surface area (Å²) in [6, 6.07) is 12.3. The van der Waals surface area contributed by atoms with Crippen LogP contribution in [0.25, 0.3) is 0 Å². The average molecular weight is 404 g/mol. The number of esters is 1. The van der Waals surface area contributed by atoms with Crippen molar-refractivity contribution in [1.82, 2.24) is 0 Å². The van der Waals surface area contributed by atoms with Crippen molar-refractivity contribution in [2.75, 3.05) is 6.16 Å². The summed E-state index contributed by atoms with van der Waals surface area (Å²) in [7, 11) is -4.55. The summed E-state index contributed by atoms with van der Waals surface area (Å²) >= 11 is 0. The third-order valence-corrected chi connectivity index (χ3v) is 4.52. The van der Waals surface area contributed by atoms with E-state index in [1.165, 1.54) is 18.2 Å². The molecule has 0 saturated carbocycles. The van der Waals surface area contributed by atoms with Gasteiger partial charge in [0.2, 0.25) is 11.6 Å². The predicted octanol–water partition coefficient (Wildman–Crippen LogP) is 3.13. The maximum atomic E-state index is 12.8. The molecule has 0 atom stereocenters. The lowest BCUT2D eigenvalue weighted by Crippen LogP contribution is -2.22. The zero-order chi connectivity index (χ0) is 21.1. The molecule has 0 aliphatic heterocycles. The van der Waals surface area contributed by atoms with Crippen LogP contribution in [0.2, 0.25) is 0 Å². The van der Waals surface area contributed by atoms with Crippen LogP contribution in [0.5, 0.6) is 5.75 Å². The van der Waals surface area contributed by atoms with Gasteiger partial charge < -0.3 is 14.5 Å². The fourth-order valence-corrected chi connectivity index (χ4v) is 2.98. The molecule has 0 bridgehead atoms. The molecule has 148 valence electrons. The number of carbonyl (C=O) groups excluding carboxylic acids is 3. The molecular weight excluding hydrogens is 383 g/mol. The van der Waals surface area contributed by atoms with Gasteiger partial charge >= 0.3 is 13.6 Å². The zero-order valence-electron chi connectivity index (χ0n) is 15.7. The van der Waals surface area contributed by atoms with Gasteiger partial charge in [-0.2, -0.15) is 0 Å². The second kappa shape index (κ2) is 8.19. The molecule has 8 heteroatoms. The van der Waals surface area contributed by atoms with E-state index < -0.39 is 36.7 Å². The first kappa shape index (κ1) is 21.7. The molecular formula is C20H21O7P. The van der Waals surface area contributed by atoms with Crippen LogP contribution >= 0.6 is 7.60 Å². The molecule has 28 heavy (non-hydrogen) atoms. The predicted molar refractivity (Wildman–Crippen MR) is 103 cm³/mol. The highest BCUT2D eigenvalue weighted by molar-refractivity contribution is 7.52. The first-order valence-corrected chi connectivity index (χ1v) is 10.2. The van der Waals surface area contributed by atoms with Gasteiger partial charge in [-0.25, -0.2) is 0 Å². The van der Waals surface area contributed by atoms with Crippen LogP contribution in [0.3, 0.4) is 0 Å². The number of rotatable bonds is 6. The summed E-state index contributed by atoms with van der Waals surface area (Å²) in [6.07, 6.45) is -1.05. The van der Waals surface area contributed by atoms with Crippen molar-refractivity contribution in [2.24, 2.45) is 0 Å². The van der Waals surface area contributed by atoms with Gasteiger partial charge in [0.25, 0.3) is 0 Å². The number of benzene rings is 2. The summed E-state index contributed by atoms with van der Waals surface area (Å²) in [5, 5.41) is 0. The average Bonchev–Trinajstić information content (AvgIpc) is 2.58. The molecule has 0 spiro atoms. The lowest BCUT2D eigenvalue weighted by Gasteiger charge is -2.23. The minimum absolute atomic E-state index is 0.0343. The number of carbonyl (C=O) groups is 3. The monoisotopic (exact) mass is 404 g/mol. The van der Waals surface area contributed by atoms with E-state index in [0.29, 0.717) is 5.56 Å². The molecule has 2 aromatic rings. The van der Waals surface area contributed by atoms with E-state index in [9.17, 15) is 18.9 Å². The maximum absolute atomic E-state index is 12.8. The molecule has 0 fully saturated rings. The summed E-state index contributed by atoms with van der Waals surface area (Å²) in [4.78, 5) is 54.7. The minimum atomic E-state index is -4.55. The van der Waals surface area contributed by atoms with Gasteiger partial charge in [-0.1, -0.05) is 51.1 Å². The topological polar surface area (TPSA) is 118 Å². The highest BCUT2D eigenvalue weighted by Gasteiger charge is 2.28. The van der Waals surface area contributed by atoms with Gasteiger partial charge in [0, 0.05) is 11.1 Å².